The summed E-state index contributed by atoms with van der Waals surface area (Å²) < 4.78 is -2.16. The molecule has 256 valence electrons. The van der Waals surface area contributed by atoms with Crippen molar-refractivity contribution in [2.24, 2.45) is 11.5 Å². The maximum Gasteiger partial charge on any atom is 0.310 e. The Bertz CT molecular complexity index is 1480. The first kappa shape index (κ1) is 38.8. The highest BCUT2D eigenvalue weighted by atomic mass is 32.1. The van der Waals surface area contributed by atoms with E-state index < -0.39 is 86.1 Å². The summed E-state index contributed by atoms with van der Waals surface area (Å²) in [5.41, 5.74) is 11.9. The number of primary amides is 1. The van der Waals surface area contributed by atoms with Crippen LogP contribution >= 0.6 is 25.3 Å². The summed E-state index contributed by atoms with van der Waals surface area (Å²) in [5.74, 6) is -4.37. The molecule has 0 spiro atoms. The van der Waals surface area contributed by atoms with Crippen LogP contribution < -0.4 is 32.7 Å². The number of nitrogens with two attached hydrogens (primary N) is 2. The average molecular weight is 692 g/mol. The zero-order valence-corrected chi connectivity index (χ0v) is 28.1. The lowest BCUT2D eigenvalue weighted by atomic mass is 10.00. The molecule has 0 unspecified atom stereocenters. The molecular formula is C30H41N7O8S2. The number of carbonyl (C=O) groups excluding carboxylic acids is 5. The van der Waals surface area contributed by atoms with Crippen LogP contribution in [-0.4, -0.2) is 79.8 Å². The molecule has 15 nitrogen and oxygen atoms in total. The Morgan fingerprint density at radius 2 is 1.43 bits per heavy atom. The monoisotopic (exact) mass is 691 g/mol. The van der Waals surface area contributed by atoms with Gasteiger partial charge in [-0.05, 0) is 51.3 Å². The van der Waals surface area contributed by atoms with Gasteiger partial charge in [-0.15, -0.1) is 0 Å². The van der Waals surface area contributed by atoms with Crippen LogP contribution in [0.15, 0.2) is 48.5 Å². The molecule has 0 saturated heterocycles. The van der Waals surface area contributed by atoms with Crippen LogP contribution in [0.1, 0.15) is 38.8 Å². The van der Waals surface area contributed by atoms with Crippen molar-refractivity contribution in [3.8, 4) is 5.75 Å². The van der Waals surface area contributed by atoms with E-state index in [9.17, 15) is 39.2 Å². The second-order valence-electron chi connectivity index (χ2n) is 12.0. The first-order valence-electron chi connectivity index (χ1n) is 14.4. The van der Waals surface area contributed by atoms with E-state index in [0.29, 0.717) is 11.1 Å². The fourth-order valence-corrected chi connectivity index (χ4v) is 4.79. The lowest BCUT2D eigenvalue weighted by Gasteiger charge is -2.31. The zero-order chi connectivity index (χ0) is 35.7. The van der Waals surface area contributed by atoms with Crippen molar-refractivity contribution < 1.29 is 34.0 Å². The molecule has 2 rings (SSSR count). The van der Waals surface area contributed by atoms with E-state index >= 15 is 0 Å². The first-order chi connectivity index (χ1) is 21.7. The fraction of sp³-hybridized carbons (Fsp3) is 0.433. The number of thiol groups is 2. The molecule has 0 radical (unpaired) electrons. The summed E-state index contributed by atoms with van der Waals surface area (Å²) in [6, 6.07) is 7.51. The van der Waals surface area contributed by atoms with Crippen molar-refractivity contribution in [3.05, 3.63) is 69.8 Å². The van der Waals surface area contributed by atoms with Crippen LogP contribution in [0, 0.1) is 10.1 Å². The molecule has 0 heterocycles. The Hall–Kier alpha value is -4.35. The van der Waals surface area contributed by atoms with Gasteiger partial charge in [-0.3, -0.25) is 34.1 Å². The largest absolute Gasteiger partial charge is 0.502 e. The molecule has 9 N–H and O–H groups in total. The van der Waals surface area contributed by atoms with E-state index in [-0.39, 0.29) is 12.8 Å². The van der Waals surface area contributed by atoms with Crippen LogP contribution in [0.25, 0.3) is 0 Å². The minimum atomic E-state index is -1.29. The minimum Gasteiger partial charge on any atom is -0.502 e. The van der Waals surface area contributed by atoms with E-state index in [0.717, 1.165) is 12.1 Å². The molecule has 0 aliphatic heterocycles. The van der Waals surface area contributed by atoms with Crippen LogP contribution in [-0.2, 0) is 36.8 Å². The second kappa shape index (κ2) is 16.5. The molecule has 4 atom stereocenters. The van der Waals surface area contributed by atoms with Gasteiger partial charge in [0.05, 0.1) is 17.5 Å². The molecule has 0 bridgehead atoms. The van der Waals surface area contributed by atoms with E-state index in [1.165, 1.54) is 6.07 Å². The molecule has 0 fully saturated rings. The topological polar surface area (TPSA) is 249 Å². The molecule has 47 heavy (non-hydrogen) atoms. The fourth-order valence-electron chi connectivity index (χ4n) is 4.41. The number of hydrogen-bond acceptors (Lipinski definition) is 11. The van der Waals surface area contributed by atoms with Gasteiger partial charge in [-0.1, -0.05) is 36.4 Å². The number of phenolic OH excluding ortho intramolecular Hbond substituents is 1. The van der Waals surface area contributed by atoms with E-state index in [1.807, 2.05) is 0 Å². The van der Waals surface area contributed by atoms with Crippen LogP contribution in [0.3, 0.4) is 0 Å². The van der Waals surface area contributed by atoms with Gasteiger partial charge < -0.3 is 37.8 Å². The number of rotatable bonds is 16. The maximum absolute atomic E-state index is 13.2. The summed E-state index contributed by atoms with van der Waals surface area (Å²) in [5, 5.41) is 30.8. The number of nitrogens with one attached hydrogen (secondary N) is 4. The molecular weight excluding hydrogens is 651 g/mol. The highest BCUT2D eigenvalue weighted by molar-refractivity contribution is 7.82. The van der Waals surface area contributed by atoms with Gasteiger partial charge in [0.2, 0.25) is 29.5 Å². The molecule has 17 heteroatoms. The Morgan fingerprint density at radius 3 is 1.96 bits per heavy atom. The highest BCUT2D eigenvalue weighted by Crippen LogP contribution is 2.27. The minimum absolute atomic E-state index is 0.0509. The standard InChI is InChI=1S/C30H41N7O8S2/c1-29(2,46)23(25(32)40)35-27(42)19(13-16-8-6-5-7-9-16)34-22(39)15-33-28(43)24(30(3,4)47)36-26(41)18(31)12-17-10-11-21(38)20(14-17)37(44)45/h5-11,14,18-19,23-24,38,46-47H,12-13,15,31H2,1-4H3,(H2,32,40)(H,33,43)(H,34,39)(H,35,42)(H,36,41)/t18-,19-,23-,24-/m0/s1. The Morgan fingerprint density at radius 1 is 0.851 bits per heavy atom. The summed E-state index contributed by atoms with van der Waals surface area (Å²) >= 11 is 8.76. The van der Waals surface area contributed by atoms with Crippen molar-refractivity contribution >= 4 is 60.5 Å². The predicted octanol–water partition coefficient (Wildman–Crippen LogP) is -0.114. The number of carbonyl (C=O) groups is 5. The van der Waals surface area contributed by atoms with Crippen molar-refractivity contribution in [1.82, 2.24) is 21.3 Å². The molecule has 0 aliphatic carbocycles. The number of nitrogens with zero attached hydrogens (tertiary/aromatic N) is 1. The smallest absolute Gasteiger partial charge is 0.310 e. The Kier molecular flexibility index (Phi) is 13.6. The summed E-state index contributed by atoms with van der Waals surface area (Å²) in [6.45, 7) is 5.70. The lowest BCUT2D eigenvalue weighted by molar-refractivity contribution is -0.385. The van der Waals surface area contributed by atoms with Gasteiger partial charge in [0.25, 0.3) is 0 Å². The molecule has 0 aromatic heterocycles. The van der Waals surface area contributed by atoms with Crippen molar-refractivity contribution in [1.29, 1.82) is 0 Å². The number of nitro groups is 1. The lowest BCUT2D eigenvalue weighted by Crippen LogP contribution is -2.61. The van der Waals surface area contributed by atoms with Gasteiger partial charge in [-0.2, -0.15) is 25.3 Å². The van der Waals surface area contributed by atoms with E-state index in [2.05, 4.69) is 46.5 Å². The normalized spacial score (nSPS) is 14.1. The molecule has 0 aliphatic rings. The number of hydrogen-bond donors (Lipinski definition) is 9. The summed E-state index contributed by atoms with van der Waals surface area (Å²) in [6.07, 6.45) is -0.0994. The van der Waals surface area contributed by atoms with Gasteiger partial charge >= 0.3 is 5.69 Å². The van der Waals surface area contributed by atoms with Crippen molar-refractivity contribution in [3.63, 3.8) is 0 Å². The average Bonchev–Trinajstić information content (AvgIpc) is 2.96. The predicted molar refractivity (Wildman–Crippen MR) is 181 cm³/mol. The zero-order valence-electron chi connectivity index (χ0n) is 26.4. The van der Waals surface area contributed by atoms with Gasteiger partial charge in [0, 0.05) is 22.0 Å². The molecule has 5 amide bonds. The van der Waals surface area contributed by atoms with Gasteiger partial charge in [0.1, 0.15) is 18.1 Å². The summed E-state index contributed by atoms with van der Waals surface area (Å²) in [7, 11) is 0. The molecule has 2 aromatic carbocycles. The number of phenols is 1. The number of aromatic hydroxyl groups is 1. The third-order valence-electron chi connectivity index (χ3n) is 6.92. The van der Waals surface area contributed by atoms with E-state index in [1.54, 1.807) is 58.0 Å². The van der Waals surface area contributed by atoms with Crippen molar-refractivity contribution in [2.45, 2.75) is 74.2 Å². The quantitative estimate of drug-likeness (QED) is 0.0646. The Labute approximate surface area is 283 Å². The van der Waals surface area contributed by atoms with Crippen LogP contribution in [0.5, 0.6) is 5.75 Å². The molecule has 0 saturated carbocycles. The number of benzene rings is 2. The third kappa shape index (κ3) is 12.1. The van der Waals surface area contributed by atoms with Crippen LogP contribution in [0.2, 0.25) is 0 Å². The van der Waals surface area contributed by atoms with Gasteiger partial charge in [0.15, 0.2) is 5.75 Å². The second-order valence-corrected chi connectivity index (χ2v) is 14.3. The van der Waals surface area contributed by atoms with E-state index in [4.69, 9.17) is 11.5 Å². The third-order valence-corrected chi connectivity index (χ3v) is 7.44. The number of amides is 5. The summed E-state index contributed by atoms with van der Waals surface area (Å²) in [4.78, 5) is 74.7. The first-order valence-corrected chi connectivity index (χ1v) is 15.3. The number of nitro benzene ring substituents is 1. The van der Waals surface area contributed by atoms with Crippen molar-refractivity contribution in [2.75, 3.05) is 6.54 Å². The SMILES string of the molecule is CC(C)(S)[C@@H](NC(=O)[C@H](Cc1ccccc1)NC(=O)CNC(=O)[C@H](NC(=O)[C@@H](N)Cc1ccc(O)c([N+](=O)[O-])c1)C(C)(C)S)C(N)=O. The highest BCUT2D eigenvalue weighted by Gasteiger charge is 2.36. The van der Waals surface area contributed by atoms with Gasteiger partial charge in [-0.25, -0.2) is 0 Å². The maximum atomic E-state index is 13.2. The Balaban J connectivity index is 2.12. The van der Waals surface area contributed by atoms with Crippen LogP contribution in [0.4, 0.5) is 5.69 Å². The molecule has 2 aromatic rings.